The van der Waals surface area contributed by atoms with Crippen molar-refractivity contribution in [1.82, 2.24) is 5.32 Å². The third-order valence-electron chi connectivity index (χ3n) is 2.80. The molecule has 0 bridgehead atoms. The summed E-state index contributed by atoms with van der Waals surface area (Å²) in [5.74, 6) is -2.88. The molecule has 0 aliphatic heterocycles. The molecule has 7 heteroatoms. The van der Waals surface area contributed by atoms with Gasteiger partial charge in [0, 0.05) is 17.0 Å². The fourth-order valence-corrected chi connectivity index (χ4v) is 2.36. The van der Waals surface area contributed by atoms with Crippen LogP contribution in [0.2, 0.25) is 0 Å². The van der Waals surface area contributed by atoms with Gasteiger partial charge in [-0.1, -0.05) is 13.8 Å². The van der Waals surface area contributed by atoms with Crippen molar-refractivity contribution in [3.63, 3.8) is 0 Å². The Bertz CT molecular complexity index is 523. The number of amides is 1. The fraction of sp³-hybridized carbons (Fsp3) is 0.429. The smallest absolute Gasteiger partial charge is 0.305 e. The van der Waals surface area contributed by atoms with E-state index < -0.39 is 23.6 Å². The van der Waals surface area contributed by atoms with Crippen molar-refractivity contribution >= 4 is 23.6 Å². The number of hydrogen-bond donors (Lipinski definition) is 2. The first-order valence-corrected chi connectivity index (χ1v) is 7.37. The van der Waals surface area contributed by atoms with Crippen LogP contribution in [0.5, 0.6) is 0 Å². The van der Waals surface area contributed by atoms with E-state index in [4.69, 9.17) is 5.11 Å². The van der Waals surface area contributed by atoms with E-state index in [0.717, 1.165) is 23.9 Å². The second-order valence-corrected chi connectivity index (χ2v) is 5.90. The van der Waals surface area contributed by atoms with E-state index >= 15 is 0 Å². The largest absolute Gasteiger partial charge is 0.481 e. The van der Waals surface area contributed by atoms with Crippen molar-refractivity contribution in [2.45, 2.75) is 31.2 Å². The number of thioether (sulfide) groups is 1. The zero-order chi connectivity index (χ0) is 16.0. The Balaban J connectivity index is 2.54. The van der Waals surface area contributed by atoms with Crippen molar-refractivity contribution in [2.75, 3.05) is 5.75 Å². The van der Waals surface area contributed by atoms with Crippen LogP contribution in [0.3, 0.4) is 0 Å². The van der Waals surface area contributed by atoms with E-state index in [1.807, 2.05) is 0 Å². The summed E-state index contributed by atoms with van der Waals surface area (Å²) in [5, 5.41) is 11.4. The lowest BCUT2D eigenvalue weighted by atomic mass is 10.0. The molecule has 1 unspecified atom stereocenters. The Morgan fingerprint density at radius 3 is 2.52 bits per heavy atom. The highest BCUT2D eigenvalue weighted by Crippen LogP contribution is 2.22. The number of carboxylic acid groups (broad SMARTS) is 1. The van der Waals surface area contributed by atoms with Gasteiger partial charge in [0.05, 0.1) is 12.2 Å². The van der Waals surface area contributed by atoms with E-state index in [2.05, 4.69) is 5.32 Å². The van der Waals surface area contributed by atoms with Gasteiger partial charge in [0.25, 0.3) is 0 Å². The minimum Gasteiger partial charge on any atom is -0.481 e. The van der Waals surface area contributed by atoms with Crippen LogP contribution in [0, 0.1) is 17.6 Å². The average molecular weight is 317 g/mol. The molecule has 2 N–H and O–H groups in total. The second kappa shape index (κ2) is 7.97. The maximum atomic E-state index is 13.4. The van der Waals surface area contributed by atoms with E-state index in [9.17, 15) is 18.4 Å². The molecule has 116 valence electrons. The number of nitrogens with one attached hydrogen (secondary N) is 1. The van der Waals surface area contributed by atoms with Crippen molar-refractivity contribution in [1.29, 1.82) is 0 Å². The lowest BCUT2D eigenvalue weighted by molar-refractivity contribution is -0.138. The third-order valence-corrected chi connectivity index (χ3v) is 3.85. The first-order chi connectivity index (χ1) is 9.79. The number of benzene rings is 1. The molecule has 0 aliphatic rings. The molecule has 1 amide bonds. The Morgan fingerprint density at radius 2 is 2.00 bits per heavy atom. The predicted molar refractivity (Wildman–Crippen MR) is 76.1 cm³/mol. The molecular weight excluding hydrogens is 300 g/mol. The molecule has 0 heterocycles. The molecule has 1 rings (SSSR count). The lowest BCUT2D eigenvalue weighted by Crippen LogP contribution is -2.40. The van der Waals surface area contributed by atoms with E-state index in [1.54, 1.807) is 13.8 Å². The maximum Gasteiger partial charge on any atom is 0.305 e. The number of carbonyl (C=O) groups excluding carboxylic acids is 1. The summed E-state index contributed by atoms with van der Waals surface area (Å²) in [5.41, 5.74) is 0. The number of carbonyl (C=O) groups is 2. The van der Waals surface area contributed by atoms with Gasteiger partial charge in [-0.25, -0.2) is 8.78 Å². The molecule has 0 aromatic heterocycles. The molecular formula is C14H17F2NO3S. The molecule has 0 spiro atoms. The number of hydrogen-bond acceptors (Lipinski definition) is 3. The SMILES string of the molecule is CC(C)C(CC(=O)O)NC(=O)CSc1ccc(F)cc1F. The highest BCUT2D eigenvalue weighted by molar-refractivity contribution is 8.00. The van der Waals surface area contributed by atoms with Gasteiger partial charge >= 0.3 is 5.97 Å². The van der Waals surface area contributed by atoms with Gasteiger partial charge in [0.15, 0.2) is 0 Å². The number of rotatable bonds is 7. The zero-order valence-electron chi connectivity index (χ0n) is 11.7. The summed E-state index contributed by atoms with van der Waals surface area (Å²) in [6.07, 6.45) is -0.168. The van der Waals surface area contributed by atoms with Crippen LogP contribution >= 0.6 is 11.8 Å². The lowest BCUT2D eigenvalue weighted by Gasteiger charge is -2.20. The molecule has 1 atom stereocenters. The molecule has 0 aliphatic carbocycles. The van der Waals surface area contributed by atoms with Crippen molar-refractivity contribution in [3.8, 4) is 0 Å². The normalized spacial score (nSPS) is 12.2. The van der Waals surface area contributed by atoms with Crippen LogP contribution in [-0.4, -0.2) is 28.8 Å². The predicted octanol–water partition coefficient (Wildman–Crippen LogP) is 2.67. The average Bonchev–Trinajstić information content (AvgIpc) is 2.36. The number of halogens is 2. The van der Waals surface area contributed by atoms with Crippen LogP contribution in [0.15, 0.2) is 23.1 Å². The first-order valence-electron chi connectivity index (χ1n) is 6.38. The summed E-state index contributed by atoms with van der Waals surface area (Å²) < 4.78 is 26.1. The Kier molecular flexibility index (Phi) is 6.61. The van der Waals surface area contributed by atoms with Crippen LogP contribution < -0.4 is 5.32 Å². The minimum atomic E-state index is -0.994. The van der Waals surface area contributed by atoms with E-state index in [1.165, 1.54) is 6.07 Å². The summed E-state index contributed by atoms with van der Waals surface area (Å²) in [6.45, 7) is 3.61. The number of carboxylic acids is 1. The molecule has 0 radical (unpaired) electrons. The fourth-order valence-electron chi connectivity index (χ4n) is 1.63. The highest BCUT2D eigenvalue weighted by atomic mass is 32.2. The van der Waals surface area contributed by atoms with Crippen LogP contribution in [-0.2, 0) is 9.59 Å². The van der Waals surface area contributed by atoms with Crippen molar-refractivity contribution in [3.05, 3.63) is 29.8 Å². The van der Waals surface area contributed by atoms with Gasteiger partial charge in [0.1, 0.15) is 11.6 Å². The molecule has 21 heavy (non-hydrogen) atoms. The number of aliphatic carboxylic acids is 1. The van der Waals surface area contributed by atoms with Crippen LogP contribution in [0.1, 0.15) is 20.3 Å². The maximum absolute atomic E-state index is 13.4. The Hall–Kier alpha value is -1.63. The summed E-state index contributed by atoms with van der Waals surface area (Å²) in [7, 11) is 0. The van der Waals surface area contributed by atoms with Gasteiger partial charge in [-0.05, 0) is 18.1 Å². The Morgan fingerprint density at radius 1 is 1.33 bits per heavy atom. The van der Waals surface area contributed by atoms with Crippen LogP contribution in [0.25, 0.3) is 0 Å². The molecule has 0 saturated heterocycles. The summed E-state index contributed by atoms with van der Waals surface area (Å²) in [6, 6.07) is 2.65. The molecule has 4 nitrogen and oxygen atoms in total. The highest BCUT2D eigenvalue weighted by Gasteiger charge is 2.19. The molecule has 1 aromatic carbocycles. The summed E-state index contributed by atoms with van der Waals surface area (Å²) in [4.78, 5) is 22.7. The molecule has 0 fully saturated rings. The van der Waals surface area contributed by atoms with Gasteiger partial charge in [0.2, 0.25) is 5.91 Å². The van der Waals surface area contributed by atoms with Gasteiger partial charge in [-0.15, -0.1) is 11.8 Å². The Labute approximate surface area is 125 Å². The first kappa shape index (κ1) is 17.4. The minimum absolute atomic E-state index is 0.0300. The second-order valence-electron chi connectivity index (χ2n) is 4.88. The van der Waals surface area contributed by atoms with Gasteiger partial charge in [-0.2, -0.15) is 0 Å². The zero-order valence-corrected chi connectivity index (χ0v) is 12.5. The standard InChI is InChI=1S/C14H17F2NO3S/c1-8(2)11(6-14(19)20)17-13(18)7-21-12-4-3-9(15)5-10(12)16/h3-5,8,11H,6-7H2,1-2H3,(H,17,18)(H,19,20). The van der Waals surface area contributed by atoms with E-state index in [0.29, 0.717) is 0 Å². The monoisotopic (exact) mass is 317 g/mol. The topological polar surface area (TPSA) is 66.4 Å². The van der Waals surface area contributed by atoms with E-state index in [-0.39, 0.29) is 28.9 Å². The molecule has 0 saturated carbocycles. The van der Waals surface area contributed by atoms with Gasteiger partial charge < -0.3 is 10.4 Å². The van der Waals surface area contributed by atoms with Gasteiger partial charge in [-0.3, -0.25) is 9.59 Å². The quantitative estimate of drug-likeness (QED) is 0.759. The van der Waals surface area contributed by atoms with Crippen LogP contribution in [0.4, 0.5) is 8.78 Å². The molecule has 1 aromatic rings. The third kappa shape index (κ3) is 6.12. The van der Waals surface area contributed by atoms with Crippen molar-refractivity contribution in [2.24, 2.45) is 5.92 Å². The van der Waals surface area contributed by atoms with Crippen molar-refractivity contribution < 1.29 is 23.5 Å². The summed E-state index contributed by atoms with van der Waals surface area (Å²) >= 11 is 0.935.